The summed E-state index contributed by atoms with van der Waals surface area (Å²) in [6.45, 7) is 2.04. The molecule has 0 saturated heterocycles. The molecule has 0 aliphatic rings. The minimum Gasteiger partial charge on any atom is -0.453 e. The molecule has 0 rings (SSSR count). The summed E-state index contributed by atoms with van der Waals surface area (Å²) in [7, 11) is 3.71. The molecule has 0 aliphatic heterocycles. The van der Waals surface area contributed by atoms with E-state index in [0.29, 0.717) is 13.1 Å². The lowest BCUT2D eigenvalue weighted by atomic mass is 10.4. The summed E-state index contributed by atoms with van der Waals surface area (Å²) in [5, 5.41) is 5.78. The van der Waals surface area contributed by atoms with Crippen molar-refractivity contribution >= 4 is 14.9 Å². The molecule has 0 unspecified atom stereocenters. The Balaban J connectivity index is 3.52. The molecule has 0 bridgehead atoms. The number of amides is 1. The fraction of sp³-hybridized carbons (Fsp3) is 0.900. The maximum atomic E-state index is 10.7. The summed E-state index contributed by atoms with van der Waals surface area (Å²) >= 11 is 0. The van der Waals surface area contributed by atoms with Crippen LogP contribution in [0.25, 0.3) is 0 Å². The van der Waals surface area contributed by atoms with Crippen LogP contribution in [0, 0.1) is 0 Å². The molecular weight excluding hydrogens is 256 g/mol. The van der Waals surface area contributed by atoms with E-state index in [-0.39, 0.29) is 0 Å². The predicted molar refractivity (Wildman–Crippen MR) is 69.5 cm³/mol. The van der Waals surface area contributed by atoms with Crippen molar-refractivity contribution in [2.75, 3.05) is 48.1 Å². The predicted octanol–water partition coefficient (Wildman–Crippen LogP) is 0.200. The van der Waals surface area contributed by atoms with E-state index in [1.165, 1.54) is 7.11 Å². The summed E-state index contributed by atoms with van der Waals surface area (Å²) in [6, 6.07) is 0.758. The van der Waals surface area contributed by atoms with Crippen LogP contribution in [0.3, 0.4) is 0 Å². The summed E-state index contributed by atoms with van der Waals surface area (Å²) in [6.07, 6.45) is 0.473. The number of alkyl carbamates (subject to hydrolysis) is 1. The van der Waals surface area contributed by atoms with Gasteiger partial charge in [0, 0.05) is 40.5 Å². The Labute approximate surface area is 109 Å². The zero-order chi connectivity index (χ0) is 13.9. The summed E-state index contributed by atoms with van der Waals surface area (Å²) in [5.41, 5.74) is 0. The van der Waals surface area contributed by atoms with Gasteiger partial charge in [0.2, 0.25) is 0 Å². The van der Waals surface area contributed by atoms with Gasteiger partial charge in [-0.1, -0.05) is 0 Å². The van der Waals surface area contributed by atoms with Gasteiger partial charge in [0.1, 0.15) is 0 Å². The molecule has 0 fully saturated rings. The number of rotatable bonds is 10. The number of ether oxygens (including phenoxy) is 1. The van der Waals surface area contributed by atoms with Crippen molar-refractivity contribution in [1.29, 1.82) is 0 Å². The summed E-state index contributed by atoms with van der Waals surface area (Å²) in [5.74, 6) is 0. The normalized spacial score (nSPS) is 11.3. The molecule has 108 valence electrons. The Morgan fingerprint density at radius 2 is 1.61 bits per heavy atom. The quantitative estimate of drug-likeness (QED) is 0.440. The second kappa shape index (κ2) is 10.3. The van der Waals surface area contributed by atoms with Gasteiger partial charge in [-0.2, -0.15) is 0 Å². The molecule has 7 nitrogen and oxygen atoms in total. The maximum absolute atomic E-state index is 10.7. The van der Waals surface area contributed by atoms with Crippen LogP contribution in [0.2, 0.25) is 6.04 Å². The molecule has 0 aromatic heterocycles. The minimum absolute atomic E-state index is 0.415. The average Bonchev–Trinajstić information content (AvgIpc) is 2.42. The van der Waals surface area contributed by atoms with Gasteiger partial charge in [0.25, 0.3) is 0 Å². The van der Waals surface area contributed by atoms with E-state index in [9.17, 15) is 4.79 Å². The minimum atomic E-state index is -2.44. The second-order valence-electron chi connectivity index (χ2n) is 3.57. The van der Waals surface area contributed by atoms with Gasteiger partial charge >= 0.3 is 14.9 Å². The van der Waals surface area contributed by atoms with Gasteiger partial charge in [0.05, 0.1) is 7.11 Å². The van der Waals surface area contributed by atoms with Gasteiger partial charge in [-0.25, -0.2) is 4.79 Å². The van der Waals surface area contributed by atoms with E-state index in [0.717, 1.165) is 19.0 Å². The van der Waals surface area contributed by atoms with E-state index in [4.69, 9.17) is 13.3 Å². The third-order valence-corrected chi connectivity index (χ3v) is 5.36. The lowest BCUT2D eigenvalue weighted by Crippen LogP contribution is -2.43. The van der Waals surface area contributed by atoms with Crippen LogP contribution in [0.1, 0.15) is 6.42 Å². The van der Waals surface area contributed by atoms with Crippen LogP contribution in [0.15, 0.2) is 0 Å². The number of hydrogen-bond acceptors (Lipinski definition) is 6. The Morgan fingerprint density at radius 1 is 1.00 bits per heavy atom. The molecule has 0 atom stereocenters. The Hall–Kier alpha value is -0.673. The van der Waals surface area contributed by atoms with Crippen molar-refractivity contribution in [3.8, 4) is 0 Å². The van der Waals surface area contributed by atoms with Crippen molar-refractivity contribution in [1.82, 2.24) is 10.6 Å². The van der Waals surface area contributed by atoms with Crippen LogP contribution < -0.4 is 10.6 Å². The molecule has 1 amide bonds. The topological polar surface area (TPSA) is 78.1 Å². The fourth-order valence-corrected chi connectivity index (χ4v) is 3.16. The highest BCUT2D eigenvalue weighted by Crippen LogP contribution is 2.14. The van der Waals surface area contributed by atoms with Crippen molar-refractivity contribution in [3.05, 3.63) is 0 Å². The largest absolute Gasteiger partial charge is 0.500 e. The van der Waals surface area contributed by atoms with E-state index in [1.54, 1.807) is 21.3 Å². The molecule has 0 aromatic rings. The van der Waals surface area contributed by atoms with Crippen LogP contribution in [0.4, 0.5) is 4.79 Å². The maximum Gasteiger partial charge on any atom is 0.500 e. The van der Waals surface area contributed by atoms with Crippen LogP contribution >= 0.6 is 0 Å². The van der Waals surface area contributed by atoms with Crippen LogP contribution in [0.5, 0.6) is 0 Å². The van der Waals surface area contributed by atoms with Crippen molar-refractivity contribution < 1.29 is 22.8 Å². The zero-order valence-electron chi connectivity index (χ0n) is 11.6. The average molecular weight is 280 g/mol. The van der Waals surface area contributed by atoms with Gasteiger partial charge in [-0.3, -0.25) is 0 Å². The van der Waals surface area contributed by atoms with Gasteiger partial charge < -0.3 is 28.6 Å². The monoisotopic (exact) mass is 280 g/mol. The molecule has 0 aromatic carbocycles. The second-order valence-corrected chi connectivity index (χ2v) is 6.66. The Morgan fingerprint density at radius 3 is 2.11 bits per heavy atom. The first-order valence-electron chi connectivity index (χ1n) is 5.82. The fourth-order valence-electron chi connectivity index (χ4n) is 1.44. The number of carbonyl (C=O) groups is 1. The number of hydrogen-bond donors (Lipinski definition) is 2. The third kappa shape index (κ3) is 6.92. The van der Waals surface area contributed by atoms with Crippen LogP contribution in [-0.4, -0.2) is 63.0 Å². The highest BCUT2D eigenvalue weighted by molar-refractivity contribution is 6.60. The van der Waals surface area contributed by atoms with Gasteiger partial charge in [-0.15, -0.1) is 0 Å². The number of nitrogens with one attached hydrogen (secondary N) is 2. The first-order valence-corrected chi connectivity index (χ1v) is 7.75. The van der Waals surface area contributed by atoms with Crippen molar-refractivity contribution in [3.63, 3.8) is 0 Å². The first kappa shape index (κ1) is 17.3. The van der Waals surface area contributed by atoms with Crippen molar-refractivity contribution in [2.24, 2.45) is 0 Å². The lowest BCUT2D eigenvalue weighted by molar-refractivity contribution is 0.123. The molecule has 0 radical (unpaired) electrons. The zero-order valence-corrected chi connectivity index (χ0v) is 12.6. The molecule has 0 aliphatic carbocycles. The Bertz CT molecular complexity index is 218. The number of carbonyl (C=O) groups excluding carboxylic acids is 1. The molecule has 18 heavy (non-hydrogen) atoms. The van der Waals surface area contributed by atoms with Gasteiger partial charge in [0.15, 0.2) is 0 Å². The third-order valence-electron chi connectivity index (χ3n) is 2.53. The van der Waals surface area contributed by atoms with E-state index in [2.05, 4.69) is 15.4 Å². The van der Waals surface area contributed by atoms with E-state index >= 15 is 0 Å². The number of methoxy groups -OCH3 is 1. The molecular formula is C10H24N2O5Si. The molecule has 0 heterocycles. The van der Waals surface area contributed by atoms with E-state index < -0.39 is 14.9 Å². The van der Waals surface area contributed by atoms with Gasteiger partial charge in [-0.05, 0) is 13.0 Å². The highest BCUT2D eigenvalue weighted by Gasteiger charge is 2.36. The standard InChI is InChI=1S/C10H24N2O5Si/c1-14-10(13)12-8-7-11-6-5-9-18(15-2,16-3)17-4/h11H,5-9H2,1-4H3,(H,12,13). The van der Waals surface area contributed by atoms with Crippen LogP contribution in [-0.2, 0) is 18.0 Å². The highest BCUT2D eigenvalue weighted by atomic mass is 28.4. The van der Waals surface area contributed by atoms with E-state index in [1.807, 2.05) is 0 Å². The lowest BCUT2D eigenvalue weighted by Gasteiger charge is -2.24. The first-order chi connectivity index (χ1) is 8.64. The molecule has 0 saturated carbocycles. The summed E-state index contributed by atoms with van der Waals surface area (Å²) < 4.78 is 20.4. The molecule has 8 heteroatoms. The molecule has 0 spiro atoms. The Kier molecular flexibility index (Phi) is 9.88. The molecule has 2 N–H and O–H groups in total. The summed E-state index contributed by atoms with van der Waals surface area (Å²) in [4.78, 5) is 10.7. The SMILES string of the molecule is COC(=O)NCCNCCC[Si](OC)(OC)OC. The smallest absolute Gasteiger partial charge is 0.453 e. The van der Waals surface area contributed by atoms with Crippen molar-refractivity contribution in [2.45, 2.75) is 12.5 Å².